The van der Waals surface area contributed by atoms with E-state index in [0.29, 0.717) is 24.9 Å². The molecule has 1 heterocycles. The Hall–Kier alpha value is -2.18. The minimum atomic E-state index is -3.38. The SMILES string of the molecule is C=CCS(=O)(=O)N1CCCC(C(=O)c2ccc3cc(OC)ccc3c2)C1. The second kappa shape index (κ2) is 7.60. The number of benzene rings is 2. The van der Waals surface area contributed by atoms with E-state index in [0.717, 1.165) is 16.5 Å². The van der Waals surface area contributed by atoms with Crippen LogP contribution < -0.4 is 4.74 Å². The van der Waals surface area contributed by atoms with Gasteiger partial charge in [0.15, 0.2) is 5.78 Å². The standard InChI is InChI=1S/C20H23NO4S/c1-3-11-26(23,24)21-10-4-5-18(14-21)20(22)17-7-6-16-13-19(25-2)9-8-15(16)12-17/h3,6-9,12-13,18H,1,4-5,10-11,14H2,2H3. The molecule has 0 saturated carbocycles. The summed E-state index contributed by atoms with van der Waals surface area (Å²) in [5, 5.41) is 1.96. The van der Waals surface area contributed by atoms with Gasteiger partial charge in [0, 0.05) is 24.6 Å². The molecule has 1 saturated heterocycles. The van der Waals surface area contributed by atoms with E-state index in [2.05, 4.69) is 6.58 Å². The van der Waals surface area contributed by atoms with Gasteiger partial charge in [-0.05, 0) is 41.8 Å². The van der Waals surface area contributed by atoms with Crippen molar-refractivity contribution in [3.63, 3.8) is 0 Å². The number of Topliss-reactive ketones (excluding diaryl/α,β-unsaturated/α-hetero) is 1. The van der Waals surface area contributed by atoms with Crippen molar-refractivity contribution in [2.45, 2.75) is 12.8 Å². The lowest BCUT2D eigenvalue weighted by Crippen LogP contribution is -2.43. The second-order valence-electron chi connectivity index (χ2n) is 6.56. The van der Waals surface area contributed by atoms with E-state index in [-0.39, 0.29) is 24.0 Å². The molecule has 2 aromatic rings. The summed E-state index contributed by atoms with van der Waals surface area (Å²) >= 11 is 0. The van der Waals surface area contributed by atoms with Gasteiger partial charge < -0.3 is 4.74 Å². The van der Waals surface area contributed by atoms with E-state index in [1.54, 1.807) is 13.2 Å². The van der Waals surface area contributed by atoms with Crippen molar-refractivity contribution in [3.05, 3.63) is 54.6 Å². The topological polar surface area (TPSA) is 63.7 Å². The molecule has 0 N–H and O–H groups in total. The quantitative estimate of drug-likeness (QED) is 0.576. The van der Waals surface area contributed by atoms with Crippen LogP contribution in [0.25, 0.3) is 10.8 Å². The summed E-state index contributed by atoms with van der Waals surface area (Å²) in [6, 6.07) is 11.3. The van der Waals surface area contributed by atoms with E-state index in [9.17, 15) is 13.2 Å². The third-order valence-electron chi connectivity index (χ3n) is 4.81. The Morgan fingerprint density at radius 3 is 2.73 bits per heavy atom. The molecule has 0 amide bonds. The lowest BCUT2D eigenvalue weighted by molar-refractivity contribution is 0.0872. The molecule has 1 fully saturated rings. The molecule has 0 spiro atoms. The number of sulfonamides is 1. The number of hydrogen-bond donors (Lipinski definition) is 0. The fourth-order valence-electron chi connectivity index (χ4n) is 3.40. The molecule has 5 nitrogen and oxygen atoms in total. The van der Waals surface area contributed by atoms with Crippen molar-refractivity contribution in [2.75, 3.05) is 26.0 Å². The molecule has 1 aliphatic rings. The molecule has 0 aliphatic carbocycles. The fraction of sp³-hybridized carbons (Fsp3) is 0.350. The predicted octanol–water partition coefficient (Wildman–Crippen LogP) is 3.26. The summed E-state index contributed by atoms with van der Waals surface area (Å²) in [5.41, 5.74) is 0.621. The van der Waals surface area contributed by atoms with Crippen LogP contribution in [-0.2, 0) is 10.0 Å². The lowest BCUT2D eigenvalue weighted by atomic mass is 9.90. The van der Waals surface area contributed by atoms with Gasteiger partial charge >= 0.3 is 0 Å². The van der Waals surface area contributed by atoms with Crippen molar-refractivity contribution in [3.8, 4) is 5.75 Å². The third kappa shape index (κ3) is 3.81. The van der Waals surface area contributed by atoms with Gasteiger partial charge in [-0.3, -0.25) is 4.79 Å². The highest BCUT2D eigenvalue weighted by Gasteiger charge is 2.32. The van der Waals surface area contributed by atoms with Gasteiger partial charge in [0.1, 0.15) is 5.75 Å². The molecule has 1 atom stereocenters. The highest BCUT2D eigenvalue weighted by atomic mass is 32.2. The summed E-state index contributed by atoms with van der Waals surface area (Å²) in [6.07, 6.45) is 2.79. The number of rotatable bonds is 6. The molecule has 6 heteroatoms. The van der Waals surface area contributed by atoms with Crippen molar-refractivity contribution >= 4 is 26.6 Å². The minimum absolute atomic E-state index is 0.00113. The number of carbonyl (C=O) groups excluding carboxylic acids is 1. The Balaban J connectivity index is 1.82. The molecule has 2 aromatic carbocycles. The van der Waals surface area contributed by atoms with Gasteiger partial charge in [-0.2, -0.15) is 0 Å². The lowest BCUT2D eigenvalue weighted by Gasteiger charge is -2.31. The maximum absolute atomic E-state index is 12.9. The molecule has 1 aliphatic heterocycles. The zero-order valence-corrected chi connectivity index (χ0v) is 15.7. The third-order valence-corrected chi connectivity index (χ3v) is 6.58. The van der Waals surface area contributed by atoms with Gasteiger partial charge in [-0.25, -0.2) is 12.7 Å². The van der Waals surface area contributed by atoms with Gasteiger partial charge in [-0.15, -0.1) is 6.58 Å². The first-order valence-electron chi connectivity index (χ1n) is 8.65. The van der Waals surface area contributed by atoms with Crippen LogP contribution in [0.5, 0.6) is 5.75 Å². The number of hydrogen-bond acceptors (Lipinski definition) is 4. The van der Waals surface area contributed by atoms with Crippen LogP contribution in [0.1, 0.15) is 23.2 Å². The van der Waals surface area contributed by atoms with Gasteiger partial charge in [0.2, 0.25) is 10.0 Å². The largest absolute Gasteiger partial charge is 0.497 e. The predicted molar refractivity (Wildman–Crippen MR) is 103 cm³/mol. The van der Waals surface area contributed by atoms with E-state index in [4.69, 9.17) is 4.74 Å². The Kier molecular flexibility index (Phi) is 5.44. The van der Waals surface area contributed by atoms with Crippen LogP contribution in [0.3, 0.4) is 0 Å². The van der Waals surface area contributed by atoms with Crippen molar-refractivity contribution < 1.29 is 17.9 Å². The van der Waals surface area contributed by atoms with Crippen LogP contribution in [0, 0.1) is 5.92 Å². The number of fused-ring (bicyclic) bond motifs is 1. The molecule has 138 valence electrons. The van der Waals surface area contributed by atoms with E-state index in [1.807, 2.05) is 30.3 Å². The molecular formula is C20H23NO4S. The number of ether oxygens (including phenoxy) is 1. The molecule has 1 unspecified atom stereocenters. The maximum atomic E-state index is 12.9. The molecule has 0 radical (unpaired) electrons. The minimum Gasteiger partial charge on any atom is -0.497 e. The van der Waals surface area contributed by atoms with Gasteiger partial charge in [0.25, 0.3) is 0 Å². The number of nitrogens with zero attached hydrogens (tertiary/aromatic N) is 1. The van der Waals surface area contributed by atoms with Crippen LogP contribution in [0.4, 0.5) is 0 Å². The van der Waals surface area contributed by atoms with Crippen molar-refractivity contribution in [2.24, 2.45) is 5.92 Å². The highest BCUT2D eigenvalue weighted by Crippen LogP contribution is 2.26. The molecule has 0 aromatic heterocycles. The Bertz CT molecular complexity index is 936. The molecular weight excluding hydrogens is 350 g/mol. The van der Waals surface area contributed by atoms with Crippen LogP contribution in [0.15, 0.2) is 49.1 Å². The fourth-order valence-corrected chi connectivity index (χ4v) is 4.73. The average molecular weight is 373 g/mol. The molecule has 0 bridgehead atoms. The zero-order valence-electron chi connectivity index (χ0n) is 14.8. The smallest absolute Gasteiger partial charge is 0.217 e. The first kappa shape index (κ1) is 18.6. The number of methoxy groups -OCH3 is 1. The number of carbonyl (C=O) groups is 1. The number of ketones is 1. The molecule has 3 rings (SSSR count). The van der Waals surface area contributed by atoms with E-state index >= 15 is 0 Å². The summed E-state index contributed by atoms with van der Waals surface area (Å²) < 4.78 is 31.2. The summed E-state index contributed by atoms with van der Waals surface area (Å²) in [4.78, 5) is 12.9. The average Bonchev–Trinajstić information content (AvgIpc) is 2.66. The first-order valence-corrected chi connectivity index (χ1v) is 10.3. The highest BCUT2D eigenvalue weighted by molar-refractivity contribution is 7.89. The summed E-state index contributed by atoms with van der Waals surface area (Å²) in [5.74, 6) is 0.373. The first-order chi connectivity index (χ1) is 12.4. The summed E-state index contributed by atoms with van der Waals surface area (Å²) in [7, 11) is -1.76. The molecule has 26 heavy (non-hydrogen) atoms. The van der Waals surface area contributed by atoms with E-state index < -0.39 is 10.0 Å². The Morgan fingerprint density at radius 1 is 1.27 bits per heavy atom. The van der Waals surface area contributed by atoms with Gasteiger partial charge in [-0.1, -0.05) is 24.3 Å². The zero-order chi connectivity index (χ0) is 18.7. The monoisotopic (exact) mass is 373 g/mol. The number of piperidine rings is 1. The maximum Gasteiger partial charge on any atom is 0.217 e. The second-order valence-corrected chi connectivity index (χ2v) is 8.57. The Morgan fingerprint density at radius 2 is 2.00 bits per heavy atom. The van der Waals surface area contributed by atoms with Crippen LogP contribution >= 0.6 is 0 Å². The van der Waals surface area contributed by atoms with E-state index in [1.165, 1.54) is 10.4 Å². The van der Waals surface area contributed by atoms with Gasteiger partial charge in [0.05, 0.1) is 12.9 Å². The summed E-state index contributed by atoms with van der Waals surface area (Å²) in [6.45, 7) is 4.22. The van der Waals surface area contributed by atoms with Crippen LogP contribution in [-0.4, -0.2) is 44.5 Å². The van der Waals surface area contributed by atoms with Crippen molar-refractivity contribution in [1.82, 2.24) is 4.31 Å². The van der Waals surface area contributed by atoms with Crippen molar-refractivity contribution in [1.29, 1.82) is 0 Å². The normalized spacial score (nSPS) is 18.6. The van der Waals surface area contributed by atoms with Crippen LogP contribution in [0.2, 0.25) is 0 Å². The Labute approximate surface area is 154 Å².